The third-order valence-electron chi connectivity index (χ3n) is 10.7. The predicted molar refractivity (Wildman–Crippen MR) is 253 cm³/mol. The maximum absolute atomic E-state index is 10.9. The number of hydrogen-bond donors (Lipinski definition) is 1. The molecule has 0 aromatic heterocycles. The Morgan fingerprint density at radius 1 is 0.723 bits per heavy atom. The van der Waals surface area contributed by atoms with E-state index in [9.17, 15) is 25.3 Å². The Bertz CT molecular complexity index is 2620. The fourth-order valence-electron chi connectivity index (χ4n) is 7.16. The summed E-state index contributed by atoms with van der Waals surface area (Å²) < 4.78 is 12.1. The molecule has 0 aliphatic carbocycles. The molecule has 0 radical (unpaired) electrons. The van der Waals surface area contributed by atoms with E-state index in [1.165, 1.54) is 66.4 Å². The van der Waals surface area contributed by atoms with Crippen LogP contribution < -0.4 is 19.3 Å². The molecule has 5 aromatic carbocycles. The molecular formula is C47H53ClN10O7. The highest BCUT2D eigenvalue weighted by Gasteiger charge is 2.30. The van der Waals surface area contributed by atoms with Crippen molar-refractivity contribution in [2.24, 2.45) is 30.7 Å². The zero-order valence-electron chi connectivity index (χ0n) is 37.8. The van der Waals surface area contributed by atoms with Gasteiger partial charge in [0.2, 0.25) is 0 Å². The molecule has 7 rings (SSSR count). The van der Waals surface area contributed by atoms with Crippen molar-refractivity contribution < 1.29 is 24.4 Å². The maximum Gasteiger partial charge on any atom is 0.271 e. The van der Waals surface area contributed by atoms with Crippen LogP contribution in [0.3, 0.4) is 0 Å². The van der Waals surface area contributed by atoms with Crippen LogP contribution in [0.15, 0.2) is 116 Å². The zero-order chi connectivity index (χ0) is 47.1. The van der Waals surface area contributed by atoms with Gasteiger partial charge >= 0.3 is 0 Å². The van der Waals surface area contributed by atoms with Crippen molar-refractivity contribution in [2.45, 2.75) is 85.0 Å². The molecule has 0 bridgehead atoms. The van der Waals surface area contributed by atoms with Gasteiger partial charge in [-0.2, -0.15) is 15.3 Å². The van der Waals surface area contributed by atoms with Crippen molar-refractivity contribution in [1.29, 1.82) is 0 Å². The number of ether oxygens (including phenoxy) is 2. The summed E-state index contributed by atoms with van der Waals surface area (Å²) in [6.07, 6.45) is 4.09. The molecular weight excluding hydrogens is 852 g/mol. The number of aliphatic hydroxyl groups excluding tert-OH is 1. The van der Waals surface area contributed by atoms with E-state index in [1.807, 2.05) is 52.1 Å². The molecule has 2 heterocycles. The van der Waals surface area contributed by atoms with Crippen molar-refractivity contribution in [3.8, 4) is 11.5 Å². The number of nitrogens with zero attached hydrogens (tertiary/aromatic N) is 10. The average molecular weight is 905 g/mol. The molecule has 17 nitrogen and oxygen atoms in total. The third-order valence-corrected chi connectivity index (χ3v) is 11.0. The van der Waals surface area contributed by atoms with E-state index in [2.05, 4.69) is 67.3 Å². The number of azo groups is 3. The molecule has 2 aliphatic heterocycles. The van der Waals surface area contributed by atoms with Gasteiger partial charge in [0, 0.05) is 78.5 Å². The fraction of sp³-hybridized carbons (Fsp3) is 0.362. The molecule has 0 unspecified atom stereocenters. The molecule has 0 saturated carbocycles. The predicted octanol–water partition coefficient (Wildman–Crippen LogP) is 13.7. The first-order valence-corrected chi connectivity index (χ1v) is 21.4. The maximum atomic E-state index is 10.9. The molecule has 1 N–H and O–H groups in total. The van der Waals surface area contributed by atoms with E-state index >= 15 is 0 Å². The van der Waals surface area contributed by atoms with Crippen LogP contribution in [-0.4, -0.2) is 53.3 Å². The van der Waals surface area contributed by atoms with Gasteiger partial charge in [-0.3, -0.25) is 20.2 Å². The number of nitro benzene ring substituents is 2. The Hall–Kier alpha value is -6.85. The van der Waals surface area contributed by atoms with E-state index < -0.39 is 15.4 Å². The number of hydrogen-bond acceptors (Lipinski definition) is 15. The molecule has 2 aliphatic rings. The number of non-ortho nitro benzene ring substituents is 2. The van der Waals surface area contributed by atoms with E-state index in [1.54, 1.807) is 12.1 Å². The summed E-state index contributed by atoms with van der Waals surface area (Å²) in [6.45, 7) is 14.3. The Labute approximate surface area is 382 Å². The van der Waals surface area contributed by atoms with E-state index in [0.29, 0.717) is 45.4 Å². The molecule has 340 valence electrons. The first-order valence-electron chi connectivity index (χ1n) is 21.1. The molecule has 0 saturated heterocycles. The highest BCUT2D eigenvalue weighted by molar-refractivity contribution is 6.33. The number of methoxy groups -OCH3 is 1. The number of benzene rings is 5. The van der Waals surface area contributed by atoms with E-state index in [0.717, 1.165) is 50.2 Å². The van der Waals surface area contributed by atoms with Gasteiger partial charge in [0.25, 0.3) is 11.4 Å². The SMILES string of the molecule is CN(c1ccc(N=Nc2ccc([N+](=O)[O-])cc2Cl)cc1)C(C)(C)C.COc1cc(N=Nc2ccc([N+](=O)[O-])cc2)c(CO)cc1N=Nc1cc2c3c(c1OC(C)(C)C)CCCN3CCC2. The van der Waals surface area contributed by atoms with Crippen LogP contribution in [0.1, 0.15) is 71.1 Å². The first kappa shape index (κ1) is 47.6. The lowest BCUT2D eigenvalue weighted by Gasteiger charge is -2.38. The lowest BCUT2D eigenvalue weighted by Crippen LogP contribution is -2.37. The number of nitro groups is 2. The topological polar surface area (TPSA) is 206 Å². The number of halogens is 1. The largest absolute Gasteiger partial charge is 0.494 e. The Balaban J connectivity index is 0.000000248. The van der Waals surface area contributed by atoms with Gasteiger partial charge < -0.3 is 24.4 Å². The normalized spacial score (nSPS) is 13.7. The summed E-state index contributed by atoms with van der Waals surface area (Å²) in [7, 11) is 3.56. The molecule has 5 aromatic rings. The van der Waals surface area contributed by atoms with Gasteiger partial charge in [-0.1, -0.05) is 11.6 Å². The number of aliphatic hydroxyl groups is 1. The second kappa shape index (κ2) is 20.3. The number of aryl methyl sites for hydroxylation is 1. The first-order chi connectivity index (χ1) is 30.8. The van der Waals surface area contributed by atoms with Gasteiger partial charge in [-0.05, 0) is 127 Å². The molecule has 0 spiro atoms. The van der Waals surface area contributed by atoms with Gasteiger partial charge in [-0.25, -0.2) is 0 Å². The molecule has 0 amide bonds. The highest BCUT2D eigenvalue weighted by atomic mass is 35.5. The van der Waals surface area contributed by atoms with Crippen molar-refractivity contribution in [3.63, 3.8) is 0 Å². The minimum Gasteiger partial charge on any atom is -0.494 e. The van der Waals surface area contributed by atoms with Crippen molar-refractivity contribution in [3.05, 3.63) is 127 Å². The van der Waals surface area contributed by atoms with Crippen LogP contribution in [0.5, 0.6) is 11.5 Å². The van der Waals surface area contributed by atoms with Crippen LogP contribution >= 0.6 is 11.6 Å². The summed E-state index contributed by atoms with van der Waals surface area (Å²) in [5.74, 6) is 1.17. The fourth-order valence-corrected chi connectivity index (χ4v) is 7.38. The summed E-state index contributed by atoms with van der Waals surface area (Å²) in [5.41, 5.74) is 7.81. The summed E-state index contributed by atoms with van der Waals surface area (Å²) >= 11 is 5.99. The van der Waals surface area contributed by atoms with Crippen LogP contribution in [0.2, 0.25) is 5.02 Å². The molecule has 65 heavy (non-hydrogen) atoms. The van der Waals surface area contributed by atoms with Gasteiger partial charge in [0.05, 0.1) is 45.6 Å². The van der Waals surface area contributed by atoms with Crippen LogP contribution in [0.4, 0.5) is 56.9 Å². The molecule has 18 heteroatoms. The molecule has 0 atom stereocenters. The number of rotatable bonds is 12. The minimum atomic E-state index is -0.503. The number of anilines is 2. The molecule has 0 fully saturated rings. The van der Waals surface area contributed by atoms with Crippen LogP contribution in [0.25, 0.3) is 0 Å². The van der Waals surface area contributed by atoms with Crippen molar-refractivity contribution in [1.82, 2.24) is 0 Å². The van der Waals surface area contributed by atoms with E-state index in [-0.39, 0.29) is 28.5 Å². The lowest BCUT2D eigenvalue weighted by molar-refractivity contribution is -0.385. The third kappa shape index (κ3) is 12.0. The van der Waals surface area contributed by atoms with Gasteiger partial charge in [0.15, 0.2) is 5.75 Å². The highest BCUT2D eigenvalue weighted by Crippen LogP contribution is 2.48. The van der Waals surface area contributed by atoms with Crippen LogP contribution in [-0.2, 0) is 19.4 Å². The lowest BCUT2D eigenvalue weighted by atomic mass is 9.90. The second-order valence-corrected chi connectivity index (χ2v) is 17.9. The smallest absolute Gasteiger partial charge is 0.271 e. The quantitative estimate of drug-likeness (QED) is 0.0717. The van der Waals surface area contributed by atoms with Gasteiger partial charge in [0.1, 0.15) is 28.4 Å². The van der Waals surface area contributed by atoms with Crippen molar-refractivity contribution >= 4 is 68.5 Å². The summed E-state index contributed by atoms with van der Waals surface area (Å²) in [6, 6.07) is 22.9. The zero-order valence-corrected chi connectivity index (χ0v) is 38.5. The standard InChI is InChI=1S/C30H34N6O5.C17H19ClN4O2/c1-30(2,3)41-29-23-8-6-14-35-13-5-7-19(28(23)35)15-26(29)34-33-25-16-20(18-37)24(17-27(25)40-4)32-31-21-9-11-22(12-10-21)36(38)39;1-17(2,3)21(4)13-7-5-12(6-8-13)19-20-16-10-9-14(22(23)24)11-15(16)18/h9-12,15-17,37H,5-8,13-14,18H2,1-4H3;5-11H,1-4H3. The summed E-state index contributed by atoms with van der Waals surface area (Å²) in [4.78, 5) is 25.2. The Morgan fingerprint density at radius 3 is 1.86 bits per heavy atom. The monoisotopic (exact) mass is 904 g/mol. The van der Waals surface area contributed by atoms with Crippen molar-refractivity contribution in [2.75, 3.05) is 37.0 Å². The summed E-state index contributed by atoms with van der Waals surface area (Å²) in [5, 5.41) is 57.7. The minimum absolute atomic E-state index is 0.0231. The second-order valence-electron chi connectivity index (χ2n) is 17.4. The Morgan fingerprint density at radius 2 is 1.29 bits per heavy atom. The van der Waals surface area contributed by atoms with Gasteiger partial charge in [-0.15, -0.1) is 15.3 Å². The van der Waals surface area contributed by atoms with Crippen LogP contribution in [0, 0.1) is 20.2 Å². The van der Waals surface area contributed by atoms with E-state index in [4.69, 9.17) is 21.1 Å². The average Bonchev–Trinajstić information content (AvgIpc) is 3.27. The Kier molecular flexibility index (Phi) is 14.9.